The van der Waals surface area contributed by atoms with Gasteiger partial charge >= 0.3 is 0 Å². The van der Waals surface area contributed by atoms with E-state index in [1.807, 2.05) is 0 Å². The molecule has 5 heteroatoms. The van der Waals surface area contributed by atoms with Crippen molar-refractivity contribution in [1.29, 1.82) is 0 Å². The van der Waals surface area contributed by atoms with E-state index in [4.69, 9.17) is 10.2 Å². The lowest BCUT2D eigenvalue weighted by atomic mass is 10.2. The minimum absolute atomic E-state index is 0.155. The zero-order valence-corrected chi connectivity index (χ0v) is 11.5. The van der Waals surface area contributed by atoms with Gasteiger partial charge in [0.2, 0.25) is 0 Å². The Balaban J connectivity index is 1.80. The Bertz CT molecular complexity index is 810. The number of hydrogen-bond acceptors (Lipinski definition) is 3. The van der Waals surface area contributed by atoms with Gasteiger partial charge in [-0.3, -0.25) is 4.79 Å². The number of benzene rings is 2. The van der Waals surface area contributed by atoms with Crippen molar-refractivity contribution in [3.8, 4) is 11.3 Å². The summed E-state index contributed by atoms with van der Waals surface area (Å²) >= 11 is 0. The van der Waals surface area contributed by atoms with Gasteiger partial charge in [0.1, 0.15) is 11.6 Å². The average Bonchev–Trinajstić information content (AvgIpc) is 3.00. The van der Waals surface area contributed by atoms with Crippen LogP contribution in [0.15, 0.2) is 65.1 Å². The number of nitrogen functional groups attached to an aromatic ring is 1. The van der Waals surface area contributed by atoms with E-state index < -0.39 is 5.91 Å². The highest BCUT2D eigenvalue weighted by molar-refractivity contribution is 6.04. The number of nitrogens with two attached hydrogens (primary N) is 1. The van der Waals surface area contributed by atoms with Gasteiger partial charge in [0.05, 0.1) is 11.4 Å². The Morgan fingerprint density at radius 1 is 1.00 bits per heavy atom. The molecule has 3 aromatic rings. The number of anilines is 2. The van der Waals surface area contributed by atoms with Crippen LogP contribution in [-0.2, 0) is 0 Å². The maximum absolute atomic E-state index is 12.9. The standard InChI is InChI=1S/C17H13FN2O2/c18-12-7-5-11(6-8-12)15-9-10-16(22-15)17(21)20-14-4-2-1-3-13(14)19/h1-10H,19H2,(H,20,21). The van der Waals surface area contributed by atoms with Crippen LogP contribution >= 0.6 is 0 Å². The van der Waals surface area contributed by atoms with E-state index in [1.165, 1.54) is 12.1 Å². The lowest BCUT2D eigenvalue weighted by molar-refractivity contribution is 0.0997. The van der Waals surface area contributed by atoms with Crippen molar-refractivity contribution in [2.24, 2.45) is 0 Å². The molecular weight excluding hydrogens is 283 g/mol. The molecule has 0 fully saturated rings. The molecule has 2 aromatic carbocycles. The lowest BCUT2D eigenvalue weighted by Gasteiger charge is -2.05. The van der Waals surface area contributed by atoms with Gasteiger partial charge in [-0.15, -0.1) is 0 Å². The summed E-state index contributed by atoms with van der Waals surface area (Å²) in [5, 5.41) is 2.68. The van der Waals surface area contributed by atoms with Crippen molar-refractivity contribution in [3.63, 3.8) is 0 Å². The molecule has 0 radical (unpaired) electrons. The van der Waals surface area contributed by atoms with Crippen LogP contribution in [0.25, 0.3) is 11.3 Å². The number of furan rings is 1. The third-order valence-corrected chi connectivity index (χ3v) is 3.17. The summed E-state index contributed by atoms with van der Waals surface area (Å²) in [7, 11) is 0. The molecule has 0 aliphatic rings. The van der Waals surface area contributed by atoms with E-state index in [0.717, 1.165) is 0 Å². The third kappa shape index (κ3) is 2.83. The van der Waals surface area contributed by atoms with Gasteiger partial charge in [-0.25, -0.2) is 4.39 Å². The second kappa shape index (κ2) is 5.73. The molecular formula is C17H13FN2O2. The van der Waals surface area contributed by atoms with Crippen LogP contribution in [0.2, 0.25) is 0 Å². The normalized spacial score (nSPS) is 10.4. The average molecular weight is 296 g/mol. The van der Waals surface area contributed by atoms with E-state index >= 15 is 0 Å². The van der Waals surface area contributed by atoms with Crippen LogP contribution in [0, 0.1) is 5.82 Å². The predicted octanol–water partition coefficient (Wildman–Crippen LogP) is 3.92. The predicted molar refractivity (Wildman–Crippen MR) is 82.9 cm³/mol. The van der Waals surface area contributed by atoms with Crippen molar-refractivity contribution in [2.45, 2.75) is 0 Å². The number of amides is 1. The molecule has 1 aromatic heterocycles. The molecule has 110 valence electrons. The van der Waals surface area contributed by atoms with Crippen molar-refractivity contribution in [1.82, 2.24) is 0 Å². The first-order valence-corrected chi connectivity index (χ1v) is 6.65. The van der Waals surface area contributed by atoms with Crippen molar-refractivity contribution in [3.05, 3.63) is 72.2 Å². The Morgan fingerprint density at radius 2 is 1.73 bits per heavy atom. The summed E-state index contributed by atoms with van der Waals surface area (Å²) in [6, 6.07) is 16.0. The smallest absolute Gasteiger partial charge is 0.291 e. The third-order valence-electron chi connectivity index (χ3n) is 3.17. The minimum Gasteiger partial charge on any atom is -0.451 e. The van der Waals surface area contributed by atoms with E-state index in [2.05, 4.69) is 5.32 Å². The summed E-state index contributed by atoms with van der Waals surface area (Å²) in [5.41, 5.74) is 7.46. The summed E-state index contributed by atoms with van der Waals surface area (Å²) in [4.78, 5) is 12.1. The van der Waals surface area contributed by atoms with Gasteiger partial charge in [-0.2, -0.15) is 0 Å². The molecule has 4 nitrogen and oxygen atoms in total. The molecule has 22 heavy (non-hydrogen) atoms. The van der Waals surface area contributed by atoms with Gasteiger partial charge in [-0.05, 0) is 48.5 Å². The van der Waals surface area contributed by atoms with E-state index in [9.17, 15) is 9.18 Å². The molecule has 1 heterocycles. The highest BCUT2D eigenvalue weighted by atomic mass is 19.1. The first-order valence-electron chi connectivity index (χ1n) is 6.65. The Kier molecular flexibility index (Phi) is 3.62. The SMILES string of the molecule is Nc1ccccc1NC(=O)c1ccc(-c2ccc(F)cc2)o1. The molecule has 0 atom stereocenters. The van der Waals surface area contributed by atoms with Gasteiger partial charge in [0.25, 0.3) is 5.91 Å². The van der Waals surface area contributed by atoms with Crippen molar-refractivity contribution < 1.29 is 13.6 Å². The fraction of sp³-hybridized carbons (Fsp3) is 0. The molecule has 0 aliphatic heterocycles. The van der Waals surface area contributed by atoms with Crippen LogP contribution < -0.4 is 11.1 Å². The summed E-state index contributed by atoms with van der Waals surface area (Å²) in [6.07, 6.45) is 0. The van der Waals surface area contributed by atoms with Gasteiger partial charge in [-0.1, -0.05) is 12.1 Å². The van der Waals surface area contributed by atoms with Gasteiger partial charge in [0, 0.05) is 5.56 Å². The van der Waals surface area contributed by atoms with E-state index in [0.29, 0.717) is 22.7 Å². The summed E-state index contributed by atoms with van der Waals surface area (Å²) in [5.74, 6) is -0.0761. The number of rotatable bonds is 3. The quantitative estimate of drug-likeness (QED) is 0.720. The van der Waals surface area contributed by atoms with Gasteiger partial charge < -0.3 is 15.5 Å². The first-order chi connectivity index (χ1) is 10.6. The fourth-order valence-electron chi connectivity index (χ4n) is 2.02. The van der Waals surface area contributed by atoms with Crippen molar-refractivity contribution >= 4 is 17.3 Å². The number of para-hydroxylation sites is 2. The monoisotopic (exact) mass is 296 g/mol. The molecule has 0 saturated carbocycles. The second-order valence-electron chi connectivity index (χ2n) is 4.71. The maximum atomic E-state index is 12.9. The van der Waals surface area contributed by atoms with Crippen LogP contribution in [-0.4, -0.2) is 5.91 Å². The molecule has 0 aliphatic carbocycles. The maximum Gasteiger partial charge on any atom is 0.291 e. The topological polar surface area (TPSA) is 68.3 Å². The van der Waals surface area contributed by atoms with Crippen LogP contribution in [0.4, 0.5) is 15.8 Å². The molecule has 3 rings (SSSR count). The molecule has 1 amide bonds. The van der Waals surface area contributed by atoms with E-state index in [-0.39, 0.29) is 11.6 Å². The number of nitrogens with one attached hydrogen (secondary N) is 1. The fourth-order valence-corrected chi connectivity index (χ4v) is 2.02. The summed E-state index contributed by atoms with van der Waals surface area (Å²) < 4.78 is 18.4. The molecule has 0 spiro atoms. The molecule has 3 N–H and O–H groups in total. The van der Waals surface area contributed by atoms with Crippen LogP contribution in [0.5, 0.6) is 0 Å². The van der Waals surface area contributed by atoms with Crippen molar-refractivity contribution in [2.75, 3.05) is 11.1 Å². The number of halogens is 1. The number of carbonyl (C=O) groups excluding carboxylic acids is 1. The van der Waals surface area contributed by atoms with Crippen LogP contribution in [0.3, 0.4) is 0 Å². The molecule has 0 bridgehead atoms. The molecule has 0 saturated heterocycles. The zero-order valence-electron chi connectivity index (χ0n) is 11.5. The van der Waals surface area contributed by atoms with Crippen LogP contribution in [0.1, 0.15) is 10.6 Å². The lowest BCUT2D eigenvalue weighted by Crippen LogP contribution is -2.12. The number of carbonyl (C=O) groups is 1. The Morgan fingerprint density at radius 3 is 2.45 bits per heavy atom. The first kappa shape index (κ1) is 13.9. The highest BCUT2D eigenvalue weighted by Crippen LogP contribution is 2.24. The Labute approximate surface area is 126 Å². The summed E-state index contributed by atoms with van der Waals surface area (Å²) in [6.45, 7) is 0. The second-order valence-corrected chi connectivity index (χ2v) is 4.71. The minimum atomic E-state index is -0.397. The largest absolute Gasteiger partial charge is 0.451 e. The number of hydrogen-bond donors (Lipinski definition) is 2. The van der Waals surface area contributed by atoms with Gasteiger partial charge in [0.15, 0.2) is 5.76 Å². The van der Waals surface area contributed by atoms with E-state index in [1.54, 1.807) is 48.5 Å². The highest BCUT2D eigenvalue weighted by Gasteiger charge is 2.13. The Hall–Kier alpha value is -3.08. The zero-order chi connectivity index (χ0) is 15.5. The molecule has 0 unspecified atom stereocenters.